The van der Waals surface area contributed by atoms with Gasteiger partial charge in [-0.25, -0.2) is 0 Å². The summed E-state index contributed by atoms with van der Waals surface area (Å²) in [5.74, 6) is 0. The summed E-state index contributed by atoms with van der Waals surface area (Å²) < 4.78 is 0. The summed E-state index contributed by atoms with van der Waals surface area (Å²) in [6.45, 7) is 6.26. The Morgan fingerprint density at radius 2 is 2.11 bits per heavy atom. The van der Waals surface area contributed by atoms with Crippen LogP contribution in [-0.4, -0.2) is 10.2 Å². The molecule has 94 valence electrons. The minimum Gasteiger partial charge on any atom is -0.375 e. The molecular formula is C15H19N3. The highest BCUT2D eigenvalue weighted by molar-refractivity contribution is 5.54. The molecule has 1 unspecified atom stereocenters. The quantitative estimate of drug-likeness (QED) is 0.845. The lowest BCUT2D eigenvalue weighted by Crippen LogP contribution is -2.08. The lowest BCUT2D eigenvalue weighted by Gasteiger charge is -2.16. The molecule has 0 aliphatic heterocycles. The van der Waals surface area contributed by atoms with E-state index in [2.05, 4.69) is 47.6 Å². The monoisotopic (exact) mass is 241 g/mol. The maximum Gasteiger partial charge on any atom is 0.0825 e. The first kappa shape index (κ1) is 11.3. The molecule has 1 aromatic carbocycles. The molecule has 3 nitrogen and oxygen atoms in total. The molecule has 0 spiro atoms. The van der Waals surface area contributed by atoms with Crippen LogP contribution in [0.15, 0.2) is 18.2 Å². The lowest BCUT2D eigenvalue weighted by atomic mass is 10.0. The summed E-state index contributed by atoms with van der Waals surface area (Å²) in [7, 11) is 0. The largest absolute Gasteiger partial charge is 0.375 e. The van der Waals surface area contributed by atoms with Crippen molar-refractivity contribution in [2.75, 3.05) is 5.32 Å². The van der Waals surface area contributed by atoms with Crippen LogP contribution in [-0.2, 0) is 6.42 Å². The van der Waals surface area contributed by atoms with Crippen LogP contribution in [0.3, 0.4) is 0 Å². The van der Waals surface area contributed by atoms with E-state index in [9.17, 15) is 0 Å². The van der Waals surface area contributed by atoms with Gasteiger partial charge in [0.2, 0.25) is 0 Å². The van der Waals surface area contributed by atoms with Gasteiger partial charge < -0.3 is 5.32 Å². The van der Waals surface area contributed by atoms with Gasteiger partial charge in [-0.1, -0.05) is 23.8 Å². The van der Waals surface area contributed by atoms with Gasteiger partial charge in [-0.3, -0.25) is 5.10 Å². The fourth-order valence-electron chi connectivity index (χ4n) is 2.81. The minimum absolute atomic E-state index is 0.426. The fourth-order valence-corrected chi connectivity index (χ4v) is 2.81. The number of benzene rings is 1. The summed E-state index contributed by atoms with van der Waals surface area (Å²) in [5.41, 5.74) is 7.60. The normalized spacial score (nSPS) is 17.8. The average molecular weight is 241 g/mol. The number of fused-ring (bicyclic) bond motifs is 1. The van der Waals surface area contributed by atoms with Crippen LogP contribution in [0.2, 0.25) is 0 Å². The number of anilines is 1. The Balaban J connectivity index is 1.91. The SMILES string of the molecule is Cc1ccc2c(c1)C(Nc1c(C)n[nH]c1C)CC2. The highest BCUT2D eigenvalue weighted by Crippen LogP contribution is 2.35. The van der Waals surface area contributed by atoms with Gasteiger partial charge in [0.05, 0.1) is 23.1 Å². The first-order valence-electron chi connectivity index (χ1n) is 6.52. The van der Waals surface area contributed by atoms with Crippen LogP contribution in [0.4, 0.5) is 5.69 Å². The molecule has 1 aliphatic carbocycles. The zero-order chi connectivity index (χ0) is 12.7. The number of aromatic nitrogens is 2. The summed E-state index contributed by atoms with van der Waals surface area (Å²) in [6.07, 6.45) is 2.34. The first-order valence-corrected chi connectivity index (χ1v) is 6.52. The molecule has 0 amide bonds. The number of aryl methyl sites for hydroxylation is 4. The number of rotatable bonds is 2. The van der Waals surface area contributed by atoms with Crippen LogP contribution >= 0.6 is 0 Å². The van der Waals surface area contributed by atoms with Crippen LogP contribution in [0.1, 0.15) is 40.5 Å². The van der Waals surface area contributed by atoms with Crippen molar-refractivity contribution in [1.29, 1.82) is 0 Å². The van der Waals surface area contributed by atoms with Gasteiger partial charge in [0, 0.05) is 0 Å². The van der Waals surface area contributed by atoms with Crippen LogP contribution in [0.5, 0.6) is 0 Å². The Hall–Kier alpha value is -1.77. The van der Waals surface area contributed by atoms with E-state index in [0.29, 0.717) is 6.04 Å². The van der Waals surface area contributed by atoms with E-state index in [-0.39, 0.29) is 0 Å². The van der Waals surface area contributed by atoms with Gasteiger partial charge >= 0.3 is 0 Å². The van der Waals surface area contributed by atoms with E-state index >= 15 is 0 Å². The molecule has 1 aliphatic rings. The molecule has 3 rings (SSSR count). The summed E-state index contributed by atoms with van der Waals surface area (Å²) in [4.78, 5) is 0. The van der Waals surface area contributed by atoms with E-state index in [0.717, 1.165) is 17.1 Å². The van der Waals surface area contributed by atoms with Gasteiger partial charge in [0.15, 0.2) is 0 Å². The molecule has 3 heteroatoms. The van der Waals surface area contributed by atoms with Crippen molar-refractivity contribution < 1.29 is 0 Å². The third-order valence-electron chi connectivity index (χ3n) is 3.83. The summed E-state index contributed by atoms with van der Waals surface area (Å²) in [6, 6.07) is 7.21. The van der Waals surface area contributed by atoms with Crippen molar-refractivity contribution >= 4 is 5.69 Å². The van der Waals surface area contributed by atoms with E-state index < -0.39 is 0 Å². The van der Waals surface area contributed by atoms with E-state index in [1.807, 2.05) is 6.92 Å². The Labute approximate surface area is 108 Å². The molecule has 1 heterocycles. The maximum atomic E-state index is 4.24. The Kier molecular flexibility index (Phi) is 2.62. The number of hydrogen-bond donors (Lipinski definition) is 2. The molecule has 1 aromatic heterocycles. The maximum absolute atomic E-state index is 4.24. The molecule has 1 atom stereocenters. The zero-order valence-corrected chi connectivity index (χ0v) is 11.2. The summed E-state index contributed by atoms with van der Waals surface area (Å²) >= 11 is 0. The fraction of sp³-hybridized carbons (Fsp3) is 0.400. The second-order valence-corrected chi connectivity index (χ2v) is 5.25. The topological polar surface area (TPSA) is 40.7 Å². The molecular weight excluding hydrogens is 222 g/mol. The van der Waals surface area contributed by atoms with Crippen LogP contribution < -0.4 is 5.32 Å². The van der Waals surface area contributed by atoms with Crippen molar-refractivity contribution in [3.8, 4) is 0 Å². The minimum atomic E-state index is 0.426. The van der Waals surface area contributed by atoms with Crippen molar-refractivity contribution in [2.24, 2.45) is 0 Å². The number of H-pyrrole nitrogens is 1. The van der Waals surface area contributed by atoms with Gasteiger partial charge in [-0.05, 0) is 44.7 Å². The lowest BCUT2D eigenvalue weighted by molar-refractivity contribution is 0.760. The zero-order valence-electron chi connectivity index (χ0n) is 11.2. The van der Waals surface area contributed by atoms with E-state index in [4.69, 9.17) is 0 Å². The Bertz CT molecular complexity index is 564. The van der Waals surface area contributed by atoms with Crippen molar-refractivity contribution in [3.05, 3.63) is 46.3 Å². The number of aromatic amines is 1. The summed E-state index contributed by atoms with van der Waals surface area (Å²) in [5, 5.41) is 10.9. The number of nitrogens with zero attached hydrogens (tertiary/aromatic N) is 1. The van der Waals surface area contributed by atoms with Crippen molar-refractivity contribution in [3.63, 3.8) is 0 Å². The van der Waals surface area contributed by atoms with Gasteiger partial charge in [0.25, 0.3) is 0 Å². The highest BCUT2D eigenvalue weighted by Gasteiger charge is 2.23. The average Bonchev–Trinajstić information content (AvgIpc) is 2.88. The van der Waals surface area contributed by atoms with Gasteiger partial charge in [-0.15, -0.1) is 0 Å². The second kappa shape index (κ2) is 4.16. The van der Waals surface area contributed by atoms with Crippen molar-refractivity contribution in [1.82, 2.24) is 10.2 Å². The highest BCUT2D eigenvalue weighted by atomic mass is 15.2. The first-order chi connectivity index (χ1) is 8.65. The second-order valence-electron chi connectivity index (χ2n) is 5.25. The molecule has 0 radical (unpaired) electrons. The molecule has 0 fully saturated rings. The van der Waals surface area contributed by atoms with E-state index in [1.54, 1.807) is 0 Å². The molecule has 18 heavy (non-hydrogen) atoms. The molecule has 2 aromatic rings. The molecule has 0 saturated carbocycles. The smallest absolute Gasteiger partial charge is 0.0825 e. The Morgan fingerprint density at radius 1 is 1.28 bits per heavy atom. The predicted octanol–water partition coefficient (Wildman–Crippen LogP) is 3.43. The van der Waals surface area contributed by atoms with Crippen molar-refractivity contribution in [2.45, 2.75) is 39.7 Å². The number of hydrogen-bond acceptors (Lipinski definition) is 2. The van der Waals surface area contributed by atoms with Gasteiger partial charge in [0.1, 0.15) is 0 Å². The van der Waals surface area contributed by atoms with Crippen LogP contribution in [0, 0.1) is 20.8 Å². The van der Waals surface area contributed by atoms with Gasteiger partial charge in [-0.2, -0.15) is 5.10 Å². The van der Waals surface area contributed by atoms with Crippen LogP contribution in [0.25, 0.3) is 0 Å². The van der Waals surface area contributed by atoms with E-state index in [1.165, 1.54) is 29.5 Å². The standard InChI is InChI=1S/C15H19N3/c1-9-4-5-12-6-7-14(13(12)8-9)16-15-10(2)17-18-11(15)3/h4-5,8,14,16H,6-7H2,1-3H3,(H,17,18). The number of nitrogens with one attached hydrogen (secondary N) is 2. The predicted molar refractivity (Wildman–Crippen MR) is 73.9 cm³/mol. The Morgan fingerprint density at radius 3 is 2.83 bits per heavy atom. The molecule has 0 bridgehead atoms. The molecule has 0 saturated heterocycles. The third kappa shape index (κ3) is 1.80. The molecule has 2 N–H and O–H groups in total. The third-order valence-corrected chi connectivity index (χ3v) is 3.83.